The Morgan fingerprint density at radius 1 is 1.50 bits per heavy atom. The molecule has 7 heteroatoms. The molecule has 0 radical (unpaired) electrons. The first kappa shape index (κ1) is 14.7. The molecule has 0 atom stereocenters. The molecule has 0 fully saturated rings. The summed E-state index contributed by atoms with van der Waals surface area (Å²) in [5.41, 5.74) is 0.855. The highest BCUT2D eigenvalue weighted by Crippen LogP contribution is 2.25. The summed E-state index contributed by atoms with van der Waals surface area (Å²) in [6.07, 6.45) is 1.68. The van der Waals surface area contributed by atoms with Gasteiger partial charge in [0.05, 0.1) is 18.3 Å². The Kier molecular flexibility index (Phi) is 4.51. The zero-order valence-electron chi connectivity index (χ0n) is 11.5. The largest absolute Gasteiger partial charge is 0.395 e. The van der Waals surface area contributed by atoms with Crippen LogP contribution in [0.5, 0.6) is 0 Å². The predicted molar refractivity (Wildman–Crippen MR) is 78.1 cm³/mol. The molecule has 2 aromatic rings. The van der Waals surface area contributed by atoms with E-state index in [2.05, 4.69) is 10.3 Å². The first-order valence-electron chi connectivity index (χ1n) is 6.37. The first-order valence-corrected chi connectivity index (χ1v) is 7.19. The van der Waals surface area contributed by atoms with Gasteiger partial charge in [-0.25, -0.2) is 4.98 Å². The van der Waals surface area contributed by atoms with Gasteiger partial charge < -0.3 is 10.4 Å². The number of aryl methyl sites for hydroxylation is 3. The van der Waals surface area contributed by atoms with E-state index in [0.29, 0.717) is 5.39 Å². The molecular formula is C13H17N3O3S. The summed E-state index contributed by atoms with van der Waals surface area (Å²) in [6, 6.07) is 0. The average molecular weight is 295 g/mol. The molecule has 0 saturated carbocycles. The first-order chi connectivity index (χ1) is 9.54. The number of hydrogen-bond donors (Lipinski definition) is 2. The van der Waals surface area contributed by atoms with Crippen molar-refractivity contribution >= 4 is 27.5 Å². The molecule has 0 aliphatic heterocycles. The highest BCUT2D eigenvalue weighted by molar-refractivity contribution is 7.18. The van der Waals surface area contributed by atoms with Crippen molar-refractivity contribution in [3.8, 4) is 0 Å². The van der Waals surface area contributed by atoms with Gasteiger partial charge in [-0.15, -0.1) is 11.3 Å². The van der Waals surface area contributed by atoms with E-state index in [1.165, 1.54) is 22.2 Å². The number of aliphatic hydroxyl groups is 1. The second kappa shape index (κ2) is 6.15. The number of hydrogen-bond acceptors (Lipinski definition) is 5. The van der Waals surface area contributed by atoms with Crippen LogP contribution in [0.25, 0.3) is 10.2 Å². The van der Waals surface area contributed by atoms with Gasteiger partial charge in [0.15, 0.2) is 0 Å². The minimum atomic E-state index is -0.190. The van der Waals surface area contributed by atoms with Crippen molar-refractivity contribution in [1.82, 2.24) is 14.9 Å². The molecule has 2 rings (SSSR count). The Hall–Kier alpha value is -1.73. The lowest BCUT2D eigenvalue weighted by atomic mass is 10.2. The van der Waals surface area contributed by atoms with E-state index >= 15 is 0 Å². The monoisotopic (exact) mass is 295 g/mol. The van der Waals surface area contributed by atoms with Gasteiger partial charge in [-0.2, -0.15) is 0 Å². The van der Waals surface area contributed by atoms with Crippen LogP contribution >= 0.6 is 11.3 Å². The van der Waals surface area contributed by atoms with E-state index in [1.807, 2.05) is 13.8 Å². The molecule has 0 spiro atoms. The fourth-order valence-electron chi connectivity index (χ4n) is 1.93. The molecule has 0 unspecified atom stereocenters. The van der Waals surface area contributed by atoms with Crippen LogP contribution in [0.4, 0.5) is 0 Å². The maximum absolute atomic E-state index is 12.3. The van der Waals surface area contributed by atoms with Gasteiger partial charge in [-0.05, 0) is 19.4 Å². The Morgan fingerprint density at radius 2 is 2.25 bits per heavy atom. The summed E-state index contributed by atoms with van der Waals surface area (Å²) in [6.45, 7) is 4.30. The summed E-state index contributed by atoms with van der Waals surface area (Å²) in [5.74, 6) is -0.190. The molecule has 2 N–H and O–H groups in total. The lowest BCUT2D eigenvalue weighted by Gasteiger charge is -2.06. The maximum atomic E-state index is 12.3. The van der Waals surface area contributed by atoms with Crippen LogP contribution in [0, 0.1) is 13.8 Å². The number of aromatic nitrogens is 2. The highest BCUT2D eigenvalue weighted by atomic mass is 32.1. The van der Waals surface area contributed by atoms with Gasteiger partial charge in [0.1, 0.15) is 4.83 Å². The minimum Gasteiger partial charge on any atom is -0.395 e. The second-order valence-corrected chi connectivity index (χ2v) is 5.73. The third kappa shape index (κ3) is 2.88. The molecule has 2 heterocycles. The van der Waals surface area contributed by atoms with E-state index in [4.69, 9.17) is 5.11 Å². The van der Waals surface area contributed by atoms with Crippen LogP contribution in [0.1, 0.15) is 16.9 Å². The summed E-state index contributed by atoms with van der Waals surface area (Å²) in [7, 11) is 0. The van der Waals surface area contributed by atoms with Gasteiger partial charge in [0.2, 0.25) is 5.91 Å². The summed E-state index contributed by atoms with van der Waals surface area (Å²) in [5, 5.41) is 11.8. The van der Waals surface area contributed by atoms with Crippen LogP contribution in [0.2, 0.25) is 0 Å². The minimum absolute atomic E-state index is 0.0907. The van der Waals surface area contributed by atoms with Gasteiger partial charge in [-0.1, -0.05) is 0 Å². The summed E-state index contributed by atoms with van der Waals surface area (Å²) < 4.78 is 1.46. The quantitative estimate of drug-likeness (QED) is 0.845. The maximum Gasteiger partial charge on any atom is 0.262 e. The number of nitrogens with zero attached hydrogens (tertiary/aromatic N) is 2. The predicted octanol–water partition coefficient (Wildman–Crippen LogP) is 0.573. The van der Waals surface area contributed by atoms with Crippen LogP contribution in [-0.4, -0.2) is 33.7 Å². The molecule has 0 aliphatic rings. The van der Waals surface area contributed by atoms with E-state index in [-0.39, 0.29) is 37.6 Å². The number of nitrogens with one attached hydrogen (secondary N) is 1. The van der Waals surface area contributed by atoms with Gasteiger partial charge >= 0.3 is 0 Å². The number of rotatable bonds is 5. The van der Waals surface area contributed by atoms with Crippen molar-refractivity contribution in [2.24, 2.45) is 0 Å². The number of aliphatic hydroxyl groups excluding tert-OH is 1. The molecule has 6 nitrogen and oxygen atoms in total. The van der Waals surface area contributed by atoms with Crippen molar-refractivity contribution in [2.75, 3.05) is 13.2 Å². The smallest absolute Gasteiger partial charge is 0.262 e. The van der Waals surface area contributed by atoms with Crippen molar-refractivity contribution < 1.29 is 9.90 Å². The van der Waals surface area contributed by atoms with E-state index in [1.54, 1.807) is 0 Å². The molecule has 2 aromatic heterocycles. The highest BCUT2D eigenvalue weighted by Gasteiger charge is 2.12. The van der Waals surface area contributed by atoms with Crippen LogP contribution in [0.15, 0.2) is 11.1 Å². The molecule has 1 amide bonds. The van der Waals surface area contributed by atoms with Gasteiger partial charge in [-0.3, -0.25) is 14.2 Å². The van der Waals surface area contributed by atoms with Crippen molar-refractivity contribution in [3.63, 3.8) is 0 Å². The number of carbonyl (C=O) groups is 1. The molecule has 108 valence electrons. The van der Waals surface area contributed by atoms with Crippen molar-refractivity contribution in [1.29, 1.82) is 0 Å². The average Bonchev–Trinajstić information content (AvgIpc) is 2.72. The molecular weight excluding hydrogens is 278 g/mol. The molecule has 0 aliphatic carbocycles. The number of carbonyl (C=O) groups excluding carboxylic acids is 1. The number of fused-ring (bicyclic) bond motifs is 1. The summed E-state index contributed by atoms with van der Waals surface area (Å²) in [4.78, 5) is 29.9. The standard InChI is InChI=1S/C13H17N3O3S/c1-8-9(2)20-12-11(8)13(19)16(7-15-12)5-3-10(18)14-4-6-17/h7,17H,3-6H2,1-2H3,(H,14,18). The van der Waals surface area contributed by atoms with Gasteiger partial charge in [0.25, 0.3) is 5.56 Å². The normalized spacial score (nSPS) is 10.9. The number of thiophene rings is 1. The van der Waals surface area contributed by atoms with Gasteiger partial charge in [0, 0.05) is 24.4 Å². The molecule has 0 saturated heterocycles. The molecule has 0 aromatic carbocycles. The second-order valence-electron chi connectivity index (χ2n) is 4.53. The van der Waals surface area contributed by atoms with Crippen LogP contribution in [0.3, 0.4) is 0 Å². The lowest BCUT2D eigenvalue weighted by molar-refractivity contribution is -0.121. The zero-order valence-corrected chi connectivity index (χ0v) is 12.3. The Bertz CT molecular complexity index is 690. The third-order valence-corrected chi connectivity index (χ3v) is 4.28. The molecule has 0 bridgehead atoms. The number of amides is 1. The third-order valence-electron chi connectivity index (χ3n) is 3.17. The van der Waals surface area contributed by atoms with Crippen LogP contribution in [-0.2, 0) is 11.3 Å². The van der Waals surface area contributed by atoms with E-state index in [0.717, 1.165) is 15.3 Å². The topological polar surface area (TPSA) is 84.2 Å². The Labute approximate surface area is 120 Å². The lowest BCUT2D eigenvalue weighted by Crippen LogP contribution is -2.29. The van der Waals surface area contributed by atoms with Crippen molar-refractivity contribution in [3.05, 3.63) is 27.1 Å². The fraction of sp³-hybridized carbons (Fsp3) is 0.462. The molecule has 20 heavy (non-hydrogen) atoms. The Balaban J connectivity index is 2.19. The van der Waals surface area contributed by atoms with E-state index in [9.17, 15) is 9.59 Å². The fourth-order valence-corrected chi connectivity index (χ4v) is 2.92. The SMILES string of the molecule is Cc1sc2ncn(CCC(=O)NCCO)c(=O)c2c1C. The van der Waals surface area contributed by atoms with E-state index < -0.39 is 0 Å². The van der Waals surface area contributed by atoms with Crippen molar-refractivity contribution in [2.45, 2.75) is 26.8 Å². The Morgan fingerprint density at radius 3 is 2.95 bits per heavy atom. The summed E-state index contributed by atoms with van der Waals surface area (Å²) >= 11 is 1.51. The van der Waals surface area contributed by atoms with Crippen LogP contribution < -0.4 is 10.9 Å². The zero-order chi connectivity index (χ0) is 14.7.